The molecule has 2 aliphatic rings. The second kappa shape index (κ2) is 11.0. The molecule has 2 fully saturated rings. The molecule has 0 aromatic carbocycles. The van der Waals surface area contributed by atoms with Crippen LogP contribution in [0.3, 0.4) is 0 Å². The lowest BCUT2D eigenvalue weighted by Crippen LogP contribution is -2.19. The van der Waals surface area contributed by atoms with Crippen LogP contribution in [0.25, 0.3) is 0 Å². The third kappa shape index (κ3) is 8.55. The molecule has 0 spiro atoms. The number of hydrogen-bond acceptors (Lipinski definition) is 4. The molecular weight excluding hydrogens is 296 g/mol. The number of ether oxygens (including phenoxy) is 2. The van der Waals surface area contributed by atoms with Crippen LogP contribution in [-0.2, 0) is 19.1 Å². The predicted octanol–water partition coefficient (Wildman–Crippen LogP) is 3.49. The fourth-order valence-electron chi connectivity index (χ4n) is 2.81. The van der Waals surface area contributed by atoms with Gasteiger partial charge in [-0.15, -0.1) is 0 Å². The van der Waals surface area contributed by atoms with Crippen molar-refractivity contribution < 1.29 is 24.2 Å². The minimum absolute atomic E-state index is 0.180. The number of rotatable bonds is 6. The van der Waals surface area contributed by atoms with E-state index in [4.69, 9.17) is 14.6 Å². The number of esters is 1. The Bertz CT molecular complexity index is 404. The van der Waals surface area contributed by atoms with E-state index in [0.717, 1.165) is 25.5 Å². The van der Waals surface area contributed by atoms with Crippen molar-refractivity contribution in [1.82, 2.24) is 0 Å². The summed E-state index contributed by atoms with van der Waals surface area (Å²) in [5, 5.41) is 7.60. The highest BCUT2D eigenvalue weighted by Gasteiger charge is 2.21. The molecule has 1 heterocycles. The van der Waals surface area contributed by atoms with Gasteiger partial charge in [0.25, 0.3) is 0 Å². The van der Waals surface area contributed by atoms with E-state index >= 15 is 0 Å². The Balaban J connectivity index is 0.000000463. The summed E-state index contributed by atoms with van der Waals surface area (Å²) in [6.45, 7) is 8.18. The maximum atomic E-state index is 11.8. The van der Waals surface area contributed by atoms with Crippen molar-refractivity contribution in [3.8, 4) is 0 Å². The van der Waals surface area contributed by atoms with E-state index in [1.807, 2.05) is 0 Å². The first-order valence-electron chi connectivity index (χ1n) is 8.34. The number of hydrogen-bond donors (Lipinski definition) is 1. The molecule has 0 amide bonds. The molecule has 130 valence electrons. The molecule has 0 radical (unpaired) electrons. The van der Waals surface area contributed by atoms with Crippen molar-refractivity contribution in [2.45, 2.75) is 57.5 Å². The summed E-state index contributed by atoms with van der Waals surface area (Å²) >= 11 is 0. The highest BCUT2D eigenvalue weighted by molar-refractivity contribution is 5.87. The fraction of sp³-hybridized carbons (Fsp3) is 0.667. The van der Waals surface area contributed by atoms with Crippen LogP contribution in [-0.4, -0.2) is 36.4 Å². The van der Waals surface area contributed by atoms with Crippen LogP contribution >= 0.6 is 0 Å². The van der Waals surface area contributed by atoms with Crippen LogP contribution in [0.1, 0.15) is 51.4 Å². The Labute approximate surface area is 138 Å². The van der Waals surface area contributed by atoms with Gasteiger partial charge in [0.1, 0.15) is 0 Å². The number of aliphatic carboxylic acids is 1. The van der Waals surface area contributed by atoms with Gasteiger partial charge in [0.15, 0.2) is 0 Å². The molecule has 1 N–H and O–H groups in total. The van der Waals surface area contributed by atoms with Gasteiger partial charge in [0.2, 0.25) is 0 Å². The highest BCUT2D eigenvalue weighted by Crippen LogP contribution is 2.24. The van der Waals surface area contributed by atoms with E-state index < -0.39 is 5.97 Å². The lowest BCUT2D eigenvalue weighted by molar-refractivity contribution is -0.141. The Morgan fingerprint density at radius 2 is 1.83 bits per heavy atom. The molecule has 1 unspecified atom stereocenters. The number of carbonyl (C=O) groups excluding carboxylic acids is 1. The molecule has 1 saturated carbocycles. The molecular formula is C18H28O5. The maximum Gasteiger partial charge on any atom is 0.333 e. The average Bonchev–Trinajstić information content (AvgIpc) is 3.07. The van der Waals surface area contributed by atoms with Gasteiger partial charge in [-0.05, 0) is 31.6 Å². The molecule has 1 aliphatic heterocycles. The second-order valence-corrected chi connectivity index (χ2v) is 6.09. The Kier molecular flexibility index (Phi) is 9.29. The third-order valence-corrected chi connectivity index (χ3v) is 4.14. The fourth-order valence-corrected chi connectivity index (χ4v) is 2.81. The van der Waals surface area contributed by atoms with Gasteiger partial charge in [-0.25, -0.2) is 9.59 Å². The van der Waals surface area contributed by atoms with Crippen molar-refractivity contribution in [2.24, 2.45) is 5.92 Å². The first kappa shape index (κ1) is 19.4. The van der Waals surface area contributed by atoms with Crippen LogP contribution in [0.15, 0.2) is 24.8 Å². The molecule has 0 aromatic heterocycles. The summed E-state index contributed by atoms with van der Waals surface area (Å²) in [6, 6.07) is 0. The van der Waals surface area contributed by atoms with E-state index in [1.54, 1.807) is 0 Å². The average molecular weight is 324 g/mol. The Hall–Kier alpha value is -1.62. The van der Waals surface area contributed by atoms with Crippen molar-refractivity contribution in [2.75, 3.05) is 13.2 Å². The van der Waals surface area contributed by atoms with Crippen molar-refractivity contribution in [3.05, 3.63) is 24.8 Å². The first-order valence-corrected chi connectivity index (χ1v) is 8.34. The lowest BCUT2D eigenvalue weighted by atomic mass is 9.90. The largest absolute Gasteiger partial charge is 0.478 e. The summed E-state index contributed by atoms with van der Waals surface area (Å²) < 4.78 is 10.9. The SMILES string of the molecule is C=C(CC1CCCO1)C(=O)OCC1CCCCC1.C=CC(=O)O. The summed E-state index contributed by atoms with van der Waals surface area (Å²) in [5.41, 5.74) is 0.567. The summed E-state index contributed by atoms with van der Waals surface area (Å²) in [7, 11) is 0. The van der Waals surface area contributed by atoms with Crippen LogP contribution in [0, 0.1) is 5.92 Å². The standard InChI is InChI=1S/C15H24O3.C3H4O2/c1-12(10-14-8-5-9-17-14)15(16)18-11-13-6-3-2-4-7-13;1-2-3(4)5/h13-14H,1-11H2;2H,1H2,(H,4,5). The lowest BCUT2D eigenvalue weighted by Gasteiger charge is -2.21. The van der Waals surface area contributed by atoms with Gasteiger partial charge in [0, 0.05) is 24.7 Å². The molecule has 0 bridgehead atoms. The molecule has 5 nitrogen and oxygen atoms in total. The van der Waals surface area contributed by atoms with E-state index in [9.17, 15) is 9.59 Å². The summed E-state index contributed by atoms with van der Waals surface area (Å²) in [4.78, 5) is 21.0. The monoisotopic (exact) mass is 324 g/mol. The highest BCUT2D eigenvalue weighted by atomic mass is 16.5. The first-order chi connectivity index (χ1) is 11.0. The van der Waals surface area contributed by atoms with E-state index in [-0.39, 0.29) is 12.1 Å². The smallest absolute Gasteiger partial charge is 0.333 e. The Morgan fingerprint density at radius 3 is 2.35 bits per heavy atom. The molecule has 1 aliphatic carbocycles. The van der Waals surface area contributed by atoms with Gasteiger partial charge in [-0.2, -0.15) is 0 Å². The van der Waals surface area contributed by atoms with Crippen LogP contribution < -0.4 is 0 Å². The van der Waals surface area contributed by atoms with Gasteiger partial charge >= 0.3 is 11.9 Å². The van der Waals surface area contributed by atoms with Crippen molar-refractivity contribution >= 4 is 11.9 Å². The minimum Gasteiger partial charge on any atom is -0.478 e. The zero-order chi connectivity index (χ0) is 17.1. The quantitative estimate of drug-likeness (QED) is 0.598. The molecule has 1 saturated heterocycles. The van der Waals surface area contributed by atoms with Gasteiger partial charge < -0.3 is 14.6 Å². The molecule has 0 aromatic rings. The summed E-state index contributed by atoms with van der Waals surface area (Å²) in [5.74, 6) is -0.640. The molecule has 5 heteroatoms. The normalized spacial score (nSPS) is 21.0. The van der Waals surface area contributed by atoms with Gasteiger partial charge in [-0.3, -0.25) is 0 Å². The van der Waals surface area contributed by atoms with Crippen LogP contribution in [0.5, 0.6) is 0 Å². The topological polar surface area (TPSA) is 72.8 Å². The summed E-state index contributed by atoms with van der Waals surface area (Å²) in [6.07, 6.45) is 10.1. The number of carboxylic acid groups (broad SMARTS) is 1. The van der Waals surface area contributed by atoms with Gasteiger partial charge in [-0.1, -0.05) is 32.4 Å². The molecule has 1 atom stereocenters. The third-order valence-electron chi connectivity index (χ3n) is 4.14. The zero-order valence-electron chi connectivity index (χ0n) is 13.8. The molecule has 23 heavy (non-hydrogen) atoms. The van der Waals surface area contributed by atoms with Crippen LogP contribution in [0.4, 0.5) is 0 Å². The molecule has 2 rings (SSSR count). The van der Waals surface area contributed by atoms with E-state index in [0.29, 0.717) is 24.5 Å². The second-order valence-electron chi connectivity index (χ2n) is 6.09. The van der Waals surface area contributed by atoms with Crippen molar-refractivity contribution in [1.29, 1.82) is 0 Å². The number of carbonyl (C=O) groups is 2. The number of carboxylic acids is 1. The maximum absolute atomic E-state index is 11.8. The predicted molar refractivity (Wildman–Crippen MR) is 88.1 cm³/mol. The minimum atomic E-state index is -0.981. The van der Waals surface area contributed by atoms with Gasteiger partial charge in [0.05, 0.1) is 12.7 Å². The zero-order valence-corrected chi connectivity index (χ0v) is 13.8. The van der Waals surface area contributed by atoms with Crippen molar-refractivity contribution in [3.63, 3.8) is 0 Å². The van der Waals surface area contributed by atoms with E-state index in [1.165, 1.54) is 32.1 Å². The van der Waals surface area contributed by atoms with Crippen LogP contribution in [0.2, 0.25) is 0 Å². The van der Waals surface area contributed by atoms with E-state index in [2.05, 4.69) is 13.2 Å². The Morgan fingerprint density at radius 1 is 1.17 bits per heavy atom.